The molecule has 0 aromatic carbocycles. The van der Waals surface area contributed by atoms with Crippen LogP contribution in [0.5, 0.6) is 0 Å². The molecule has 6 nitrogen and oxygen atoms in total. The normalized spacial score (nSPS) is 18.6. The lowest BCUT2D eigenvalue weighted by atomic mass is 10.1. The Bertz CT molecular complexity index is 859. The molecule has 1 saturated heterocycles. The van der Waals surface area contributed by atoms with Crippen LogP contribution in [-0.4, -0.2) is 51.8 Å². The minimum atomic E-state index is -4.77. The van der Waals surface area contributed by atoms with Crippen molar-refractivity contribution in [2.75, 3.05) is 20.3 Å². The first-order valence-electron chi connectivity index (χ1n) is 8.26. The van der Waals surface area contributed by atoms with Gasteiger partial charge in [-0.25, -0.2) is 9.50 Å². The number of ether oxygens (including phenoxy) is 1. The van der Waals surface area contributed by atoms with Gasteiger partial charge in [-0.3, -0.25) is 4.79 Å². The third kappa shape index (κ3) is 4.57. The molecule has 3 rings (SSSR count). The van der Waals surface area contributed by atoms with Crippen LogP contribution in [0.1, 0.15) is 29.2 Å². The van der Waals surface area contributed by atoms with E-state index in [-0.39, 0.29) is 23.6 Å². The predicted octanol–water partition coefficient (Wildman–Crippen LogP) is 3.30. The van der Waals surface area contributed by atoms with Crippen LogP contribution in [-0.2, 0) is 28.7 Å². The summed E-state index contributed by atoms with van der Waals surface area (Å²) in [5.41, 5.74) is -1.54. The average Bonchev–Trinajstić information content (AvgIpc) is 3.18. The Morgan fingerprint density at radius 2 is 1.96 bits per heavy atom. The number of hydrogen-bond donors (Lipinski definition) is 0. The fraction of sp³-hybridized carbons (Fsp3) is 0.667. The Kier molecular flexibility index (Phi) is 5.58. The highest BCUT2D eigenvalue weighted by atomic mass is 32.1. The third-order valence-corrected chi connectivity index (χ3v) is 5.25. The van der Waals surface area contributed by atoms with Gasteiger partial charge in [-0.05, 0) is 5.92 Å². The molecule has 2 aromatic rings. The van der Waals surface area contributed by atoms with Crippen molar-refractivity contribution in [1.82, 2.24) is 19.5 Å². The van der Waals surface area contributed by atoms with Crippen LogP contribution in [0, 0.1) is 5.92 Å². The third-order valence-electron chi connectivity index (χ3n) is 4.28. The number of carbonyl (C=O) groups excluding carboxylic acids is 1. The van der Waals surface area contributed by atoms with E-state index in [1.807, 2.05) is 0 Å². The van der Waals surface area contributed by atoms with E-state index >= 15 is 0 Å². The monoisotopic (exact) mass is 430 g/mol. The molecular formula is C15H16F6N4O2S. The van der Waals surface area contributed by atoms with E-state index in [0.717, 1.165) is 20.8 Å². The summed E-state index contributed by atoms with van der Waals surface area (Å²) in [6, 6.07) is 0. The highest BCUT2D eigenvalue weighted by Gasteiger charge is 2.42. The number of aromatic nitrogens is 3. The van der Waals surface area contributed by atoms with E-state index < -0.39 is 42.8 Å². The maximum Gasteiger partial charge on any atom is 0.435 e. The molecule has 0 bridgehead atoms. The topological polar surface area (TPSA) is 59.7 Å². The number of imidazole rings is 1. The first kappa shape index (κ1) is 20.8. The summed E-state index contributed by atoms with van der Waals surface area (Å²) in [6.07, 6.45) is -10.3. The number of carbonyl (C=O) groups is 1. The van der Waals surface area contributed by atoms with Crippen molar-refractivity contribution in [1.29, 1.82) is 0 Å². The molecule has 1 atom stereocenters. The number of nitrogens with zero attached hydrogens (tertiary/aromatic N) is 4. The van der Waals surface area contributed by atoms with Gasteiger partial charge in [-0.1, -0.05) is 11.3 Å². The summed E-state index contributed by atoms with van der Waals surface area (Å²) < 4.78 is 83.7. The summed E-state index contributed by atoms with van der Waals surface area (Å²) in [5, 5.41) is 4.61. The number of likely N-dealkylation sites (tertiary alicyclic amines) is 1. The van der Waals surface area contributed by atoms with Crippen molar-refractivity contribution >= 4 is 22.2 Å². The number of methoxy groups -OCH3 is 1. The van der Waals surface area contributed by atoms with Gasteiger partial charge in [-0.15, -0.1) is 0 Å². The van der Waals surface area contributed by atoms with Crippen LogP contribution < -0.4 is 0 Å². The van der Waals surface area contributed by atoms with Crippen LogP contribution in [0.2, 0.25) is 0 Å². The molecule has 0 N–H and O–H groups in total. The van der Waals surface area contributed by atoms with Crippen LogP contribution in [0.4, 0.5) is 26.3 Å². The number of hydrogen-bond acceptors (Lipinski definition) is 5. The van der Waals surface area contributed by atoms with Crippen molar-refractivity contribution in [3.8, 4) is 0 Å². The lowest BCUT2D eigenvalue weighted by molar-refractivity contribution is -0.143. The average molecular weight is 430 g/mol. The van der Waals surface area contributed by atoms with Crippen molar-refractivity contribution in [2.24, 2.45) is 5.92 Å². The zero-order valence-electron chi connectivity index (χ0n) is 14.6. The summed E-state index contributed by atoms with van der Waals surface area (Å²) in [4.78, 5) is 16.7. The largest absolute Gasteiger partial charge is 0.435 e. The molecular weight excluding hydrogens is 414 g/mol. The van der Waals surface area contributed by atoms with E-state index in [0.29, 0.717) is 18.0 Å². The minimum Gasteiger partial charge on any atom is -0.384 e. The smallest absolute Gasteiger partial charge is 0.384 e. The number of amides is 1. The molecule has 0 aliphatic carbocycles. The van der Waals surface area contributed by atoms with E-state index in [1.54, 1.807) is 0 Å². The second-order valence-corrected chi connectivity index (χ2v) is 7.54. The zero-order valence-corrected chi connectivity index (χ0v) is 15.4. The van der Waals surface area contributed by atoms with Gasteiger partial charge in [0.1, 0.15) is 5.01 Å². The fourth-order valence-electron chi connectivity index (χ4n) is 3.14. The fourth-order valence-corrected chi connectivity index (χ4v) is 4.03. The van der Waals surface area contributed by atoms with Gasteiger partial charge in [0.15, 0.2) is 5.69 Å². The summed E-state index contributed by atoms with van der Waals surface area (Å²) >= 11 is 0.964. The van der Waals surface area contributed by atoms with Gasteiger partial charge >= 0.3 is 12.4 Å². The first-order valence-corrected chi connectivity index (χ1v) is 9.07. The Balaban J connectivity index is 1.88. The predicted molar refractivity (Wildman–Crippen MR) is 85.6 cm³/mol. The van der Waals surface area contributed by atoms with Gasteiger partial charge in [0.2, 0.25) is 10.9 Å². The number of rotatable bonds is 6. The minimum absolute atomic E-state index is 0.00640. The van der Waals surface area contributed by atoms with E-state index in [1.165, 1.54) is 7.11 Å². The summed E-state index contributed by atoms with van der Waals surface area (Å²) in [7, 11) is 1.47. The number of fused-ring (bicyclic) bond motifs is 1. The van der Waals surface area contributed by atoms with Crippen LogP contribution in [0.3, 0.4) is 0 Å². The molecule has 1 unspecified atom stereocenters. The van der Waals surface area contributed by atoms with Gasteiger partial charge in [0.25, 0.3) is 0 Å². The molecule has 3 heterocycles. The van der Waals surface area contributed by atoms with Crippen molar-refractivity contribution in [3.63, 3.8) is 0 Å². The molecule has 28 heavy (non-hydrogen) atoms. The number of halogens is 6. The standard InChI is InChI=1S/C15H16F6N4O2S/c1-27-3-2-10-23-25-9(12(15(19,20)21)22-13(25)28-10)7-24-6-8(4-11(24)26)5-14(16,17)18/h8H,2-7H2,1H3. The molecule has 0 spiro atoms. The van der Waals surface area contributed by atoms with Crippen molar-refractivity contribution in [3.05, 3.63) is 16.4 Å². The number of alkyl halides is 6. The van der Waals surface area contributed by atoms with Gasteiger partial charge < -0.3 is 9.64 Å². The summed E-state index contributed by atoms with van der Waals surface area (Å²) in [6.45, 7) is -0.442. The molecule has 1 aliphatic heterocycles. The Morgan fingerprint density at radius 1 is 1.25 bits per heavy atom. The van der Waals surface area contributed by atoms with Crippen LogP contribution in [0.15, 0.2) is 0 Å². The van der Waals surface area contributed by atoms with Crippen molar-refractivity contribution < 1.29 is 35.9 Å². The SMILES string of the molecule is COCCc1nn2c(CN3CC(CC(F)(F)F)CC3=O)c(C(F)(F)F)nc2s1. The van der Waals surface area contributed by atoms with E-state index in [4.69, 9.17) is 4.74 Å². The Labute approximate surface area is 159 Å². The van der Waals surface area contributed by atoms with Gasteiger partial charge in [0, 0.05) is 32.9 Å². The van der Waals surface area contributed by atoms with Gasteiger partial charge in [-0.2, -0.15) is 31.4 Å². The lowest BCUT2D eigenvalue weighted by Gasteiger charge is -2.18. The molecule has 1 amide bonds. The molecule has 1 fully saturated rings. The Morgan fingerprint density at radius 3 is 2.57 bits per heavy atom. The second-order valence-electron chi connectivity index (χ2n) is 6.50. The molecule has 0 saturated carbocycles. The molecule has 1 aliphatic rings. The van der Waals surface area contributed by atoms with Gasteiger partial charge in [0.05, 0.1) is 18.8 Å². The quantitative estimate of drug-likeness (QED) is 0.660. The molecule has 0 radical (unpaired) electrons. The molecule has 2 aromatic heterocycles. The van der Waals surface area contributed by atoms with Crippen LogP contribution >= 0.6 is 11.3 Å². The maximum absolute atomic E-state index is 13.4. The van der Waals surface area contributed by atoms with E-state index in [9.17, 15) is 31.1 Å². The summed E-state index contributed by atoms with van der Waals surface area (Å²) in [5.74, 6) is -1.59. The molecule has 156 valence electrons. The first-order chi connectivity index (χ1) is 13.0. The lowest BCUT2D eigenvalue weighted by Crippen LogP contribution is -2.27. The zero-order chi connectivity index (χ0) is 20.7. The highest BCUT2D eigenvalue weighted by Crippen LogP contribution is 2.36. The maximum atomic E-state index is 13.4. The van der Waals surface area contributed by atoms with E-state index in [2.05, 4.69) is 10.1 Å². The highest BCUT2D eigenvalue weighted by molar-refractivity contribution is 7.16. The second kappa shape index (κ2) is 7.50. The van der Waals surface area contributed by atoms with Crippen molar-refractivity contribution in [2.45, 2.75) is 38.2 Å². The molecule has 13 heteroatoms. The Hall–Kier alpha value is -1.89. The van der Waals surface area contributed by atoms with Crippen LogP contribution in [0.25, 0.3) is 4.96 Å².